The molecule has 0 atom stereocenters. The topological polar surface area (TPSA) is 59.2 Å². The smallest absolute Gasteiger partial charge is 0.334 e. The zero-order valence-electron chi connectivity index (χ0n) is 13.1. The number of carbonyl (C=O) groups excluding carboxylic acids is 1. The number of carbonyl (C=O) groups is 1. The summed E-state index contributed by atoms with van der Waals surface area (Å²) < 4.78 is 41.8. The second-order valence-corrected chi connectivity index (χ2v) is 7.21. The first-order chi connectivity index (χ1) is 11.3. The normalized spacial score (nSPS) is 15.1. The zero-order valence-corrected chi connectivity index (χ0v) is 13.9. The molecule has 2 heterocycles. The molecule has 2 aromatic rings. The van der Waals surface area contributed by atoms with E-state index in [1.54, 1.807) is 12.1 Å². The quantitative estimate of drug-likeness (QED) is 0.811. The van der Waals surface area contributed by atoms with Gasteiger partial charge in [0.25, 0.3) is 0 Å². The first-order valence-electron chi connectivity index (χ1n) is 7.56. The first-order valence-corrected chi connectivity index (χ1v) is 8.38. The molecule has 0 aliphatic heterocycles. The molecule has 5 nitrogen and oxygen atoms in total. The Balaban J connectivity index is 1.75. The molecule has 130 valence electrons. The molecule has 1 amide bonds. The van der Waals surface area contributed by atoms with Crippen LogP contribution >= 0.6 is 11.3 Å². The highest BCUT2D eigenvalue weighted by molar-refractivity contribution is 7.15. The van der Waals surface area contributed by atoms with Crippen LogP contribution in [0.2, 0.25) is 0 Å². The number of amides is 1. The number of aromatic nitrogens is 2. The van der Waals surface area contributed by atoms with E-state index in [2.05, 4.69) is 14.7 Å². The van der Waals surface area contributed by atoms with Crippen molar-refractivity contribution in [3.63, 3.8) is 0 Å². The molecule has 0 unspecified atom stereocenters. The van der Waals surface area contributed by atoms with Crippen molar-refractivity contribution in [3.05, 3.63) is 22.9 Å². The summed E-state index contributed by atoms with van der Waals surface area (Å²) in [6, 6.07) is 3.70. The van der Waals surface area contributed by atoms with Crippen molar-refractivity contribution >= 4 is 17.2 Å². The van der Waals surface area contributed by atoms with Gasteiger partial charge in [-0.3, -0.25) is 4.79 Å². The van der Waals surface area contributed by atoms with E-state index in [1.807, 2.05) is 18.7 Å². The summed E-state index contributed by atoms with van der Waals surface area (Å²) in [5.41, 5.74) is 0. The maximum absolute atomic E-state index is 12.5. The molecule has 1 aliphatic rings. The summed E-state index contributed by atoms with van der Waals surface area (Å²) in [6.45, 7) is 4.17. The summed E-state index contributed by atoms with van der Waals surface area (Å²) in [7, 11) is 0. The van der Waals surface area contributed by atoms with Crippen molar-refractivity contribution in [3.8, 4) is 10.7 Å². The van der Waals surface area contributed by atoms with Crippen molar-refractivity contribution in [1.29, 1.82) is 0 Å². The molecule has 0 N–H and O–H groups in total. The Bertz CT molecular complexity index is 734. The molecule has 1 fully saturated rings. The monoisotopic (exact) mass is 359 g/mol. The lowest BCUT2D eigenvalue weighted by Crippen LogP contribution is -2.35. The summed E-state index contributed by atoms with van der Waals surface area (Å²) in [4.78, 5) is 18.9. The standard InChI is InChI=1S/C15H16F3N3O2S/c1-8(2)13(22)21(9-3-4-9)7-10-5-6-11(24-10)12-19-14(23-20-12)15(16,17)18/h5-6,8-9H,3-4,7H2,1-2H3. The van der Waals surface area contributed by atoms with Crippen LogP contribution in [0.1, 0.15) is 37.5 Å². The van der Waals surface area contributed by atoms with Crippen LogP contribution in [0, 0.1) is 5.92 Å². The Hall–Kier alpha value is -1.90. The number of halogens is 3. The van der Waals surface area contributed by atoms with Gasteiger partial charge in [0, 0.05) is 16.8 Å². The fourth-order valence-corrected chi connectivity index (χ4v) is 3.23. The number of alkyl halides is 3. The molecular weight excluding hydrogens is 343 g/mol. The van der Waals surface area contributed by atoms with Gasteiger partial charge < -0.3 is 9.42 Å². The van der Waals surface area contributed by atoms with Crippen LogP contribution in [0.15, 0.2) is 16.7 Å². The molecule has 24 heavy (non-hydrogen) atoms. The van der Waals surface area contributed by atoms with Crippen LogP contribution in [0.4, 0.5) is 13.2 Å². The lowest BCUT2D eigenvalue weighted by Gasteiger charge is -2.23. The minimum Gasteiger partial charge on any atom is -0.334 e. The summed E-state index contributed by atoms with van der Waals surface area (Å²) in [5, 5.41) is 3.38. The van der Waals surface area contributed by atoms with Gasteiger partial charge >= 0.3 is 12.1 Å². The molecule has 0 spiro atoms. The molecule has 0 radical (unpaired) electrons. The van der Waals surface area contributed by atoms with Gasteiger partial charge in [-0.1, -0.05) is 19.0 Å². The highest BCUT2D eigenvalue weighted by Crippen LogP contribution is 2.34. The predicted molar refractivity (Wildman–Crippen MR) is 81.0 cm³/mol. The Morgan fingerprint density at radius 3 is 2.67 bits per heavy atom. The third kappa shape index (κ3) is 3.61. The predicted octanol–water partition coefficient (Wildman–Crippen LogP) is 3.96. The van der Waals surface area contributed by atoms with Gasteiger partial charge in [0.05, 0.1) is 11.4 Å². The Kier molecular flexibility index (Phi) is 4.37. The minimum atomic E-state index is -4.65. The van der Waals surface area contributed by atoms with Crippen LogP contribution in [-0.2, 0) is 17.5 Å². The lowest BCUT2D eigenvalue weighted by atomic mass is 10.2. The van der Waals surface area contributed by atoms with Crippen molar-refractivity contribution < 1.29 is 22.5 Å². The van der Waals surface area contributed by atoms with Crippen molar-refractivity contribution in [2.75, 3.05) is 0 Å². The second kappa shape index (κ2) is 6.19. The third-order valence-corrected chi connectivity index (χ3v) is 4.71. The highest BCUT2D eigenvalue weighted by atomic mass is 32.1. The van der Waals surface area contributed by atoms with Gasteiger partial charge in [-0.25, -0.2) is 0 Å². The molecule has 0 aromatic carbocycles. The third-order valence-electron chi connectivity index (χ3n) is 3.64. The van der Waals surface area contributed by atoms with E-state index in [0.717, 1.165) is 17.7 Å². The fraction of sp³-hybridized carbons (Fsp3) is 0.533. The van der Waals surface area contributed by atoms with Crippen LogP contribution < -0.4 is 0 Å². The lowest BCUT2D eigenvalue weighted by molar-refractivity contribution is -0.159. The number of rotatable bonds is 5. The van der Waals surface area contributed by atoms with Crippen LogP contribution in [0.3, 0.4) is 0 Å². The fourth-order valence-electron chi connectivity index (χ4n) is 2.29. The average molecular weight is 359 g/mol. The number of nitrogens with zero attached hydrogens (tertiary/aromatic N) is 3. The second-order valence-electron chi connectivity index (χ2n) is 6.04. The van der Waals surface area contributed by atoms with E-state index in [0.29, 0.717) is 11.4 Å². The van der Waals surface area contributed by atoms with E-state index >= 15 is 0 Å². The molecular formula is C15H16F3N3O2S. The number of thiophene rings is 1. The van der Waals surface area contributed by atoms with E-state index in [-0.39, 0.29) is 23.7 Å². The first kappa shape index (κ1) is 16.9. The van der Waals surface area contributed by atoms with Crippen LogP contribution in [0.5, 0.6) is 0 Å². The SMILES string of the molecule is CC(C)C(=O)N(Cc1ccc(-c2noc(C(F)(F)F)n2)s1)C1CC1. The van der Waals surface area contributed by atoms with Gasteiger partial charge in [0.2, 0.25) is 11.7 Å². The minimum absolute atomic E-state index is 0.0865. The molecule has 1 saturated carbocycles. The maximum atomic E-state index is 12.5. The number of hydrogen-bond donors (Lipinski definition) is 0. The molecule has 1 aliphatic carbocycles. The van der Waals surface area contributed by atoms with Crippen molar-refractivity contribution in [2.24, 2.45) is 5.92 Å². The summed E-state index contributed by atoms with van der Waals surface area (Å²) in [5.74, 6) is -1.45. The Labute approximate surface area is 140 Å². The van der Waals surface area contributed by atoms with E-state index in [9.17, 15) is 18.0 Å². The molecule has 9 heteroatoms. The van der Waals surface area contributed by atoms with E-state index < -0.39 is 12.1 Å². The van der Waals surface area contributed by atoms with Crippen molar-refractivity contribution in [2.45, 2.75) is 45.5 Å². The highest BCUT2D eigenvalue weighted by Gasteiger charge is 2.39. The van der Waals surface area contributed by atoms with Gasteiger partial charge in [-0.15, -0.1) is 11.3 Å². The molecule has 0 saturated heterocycles. The van der Waals surface area contributed by atoms with Gasteiger partial charge in [-0.2, -0.15) is 18.2 Å². The molecule has 3 rings (SSSR count). The average Bonchev–Trinajstić information content (AvgIpc) is 3.02. The van der Waals surface area contributed by atoms with Crippen LogP contribution in [-0.4, -0.2) is 27.0 Å². The number of hydrogen-bond acceptors (Lipinski definition) is 5. The van der Waals surface area contributed by atoms with Gasteiger partial charge in [0.15, 0.2) is 0 Å². The van der Waals surface area contributed by atoms with Gasteiger partial charge in [0.1, 0.15) is 0 Å². The molecule has 2 aromatic heterocycles. The van der Waals surface area contributed by atoms with Crippen LogP contribution in [0.25, 0.3) is 10.7 Å². The van der Waals surface area contributed by atoms with E-state index in [1.165, 1.54) is 11.3 Å². The Morgan fingerprint density at radius 2 is 2.12 bits per heavy atom. The van der Waals surface area contributed by atoms with Crippen molar-refractivity contribution in [1.82, 2.24) is 15.0 Å². The maximum Gasteiger partial charge on any atom is 0.471 e. The van der Waals surface area contributed by atoms with E-state index in [4.69, 9.17) is 0 Å². The molecule has 0 bridgehead atoms. The summed E-state index contributed by atoms with van der Waals surface area (Å²) >= 11 is 1.27. The zero-order chi connectivity index (χ0) is 17.5. The largest absolute Gasteiger partial charge is 0.471 e. The summed E-state index contributed by atoms with van der Waals surface area (Å²) in [6.07, 6.45) is -2.66. The van der Waals surface area contributed by atoms with Gasteiger partial charge in [-0.05, 0) is 25.0 Å². The Morgan fingerprint density at radius 1 is 1.42 bits per heavy atom.